The van der Waals surface area contributed by atoms with Crippen molar-refractivity contribution in [3.05, 3.63) is 89.0 Å². The van der Waals surface area contributed by atoms with Crippen molar-refractivity contribution in [2.24, 2.45) is 11.8 Å². The molecule has 2 aromatic rings. The molecule has 1 spiro atoms. The highest BCUT2D eigenvalue weighted by molar-refractivity contribution is 8.02. The molecule has 0 aliphatic carbocycles. The molecule has 0 bridgehead atoms. The lowest BCUT2D eigenvalue weighted by Gasteiger charge is -2.39. The van der Waals surface area contributed by atoms with Gasteiger partial charge in [0.2, 0.25) is 5.91 Å². The molecule has 7 nitrogen and oxygen atoms in total. The van der Waals surface area contributed by atoms with Gasteiger partial charge in [0.25, 0.3) is 5.91 Å². The molecule has 2 fully saturated rings. The van der Waals surface area contributed by atoms with E-state index in [0.29, 0.717) is 23.7 Å². The van der Waals surface area contributed by atoms with Crippen molar-refractivity contribution in [3.8, 4) is 0 Å². The maximum absolute atomic E-state index is 14.8. The monoisotopic (exact) mass is 606 g/mol. The number of allylic oxidation sites excluding steroid dienone is 1. The van der Waals surface area contributed by atoms with Crippen LogP contribution in [-0.4, -0.2) is 69.6 Å². The van der Waals surface area contributed by atoms with Gasteiger partial charge in [-0.15, -0.1) is 11.8 Å². The lowest BCUT2D eigenvalue weighted by atomic mass is 9.78. The second-order valence-electron chi connectivity index (χ2n) is 11.5. The summed E-state index contributed by atoms with van der Waals surface area (Å²) in [5.74, 6) is -2.53. The smallest absolute Gasteiger partial charge is 0.311 e. The zero-order valence-corrected chi connectivity index (χ0v) is 25.1. The molecular formula is C33H35ClN2O5S. The van der Waals surface area contributed by atoms with Crippen LogP contribution in [0.1, 0.15) is 30.4 Å². The van der Waals surface area contributed by atoms with Crippen LogP contribution in [0, 0.1) is 18.8 Å². The maximum atomic E-state index is 14.8. The Bertz CT molecular complexity index is 1410. The van der Waals surface area contributed by atoms with Crippen LogP contribution in [0.2, 0.25) is 5.02 Å². The van der Waals surface area contributed by atoms with Gasteiger partial charge < -0.3 is 19.6 Å². The molecule has 0 radical (unpaired) electrons. The van der Waals surface area contributed by atoms with E-state index in [-0.39, 0.29) is 30.2 Å². The first-order valence-corrected chi connectivity index (χ1v) is 15.9. The fourth-order valence-corrected chi connectivity index (χ4v) is 9.36. The Labute approximate surface area is 255 Å². The average Bonchev–Trinajstić information content (AvgIpc) is 3.38. The van der Waals surface area contributed by atoms with E-state index in [0.717, 1.165) is 30.4 Å². The number of thioether (sulfide) groups is 1. The molecule has 1 N–H and O–H groups in total. The van der Waals surface area contributed by atoms with E-state index in [1.807, 2.05) is 67.6 Å². The third-order valence-electron chi connectivity index (χ3n) is 8.92. The predicted molar refractivity (Wildman–Crippen MR) is 164 cm³/mol. The van der Waals surface area contributed by atoms with Crippen LogP contribution in [-0.2, 0) is 25.5 Å². The van der Waals surface area contributed by atoms with Gasteiger partial charge in [-0.3, -0.25) is 14.4 Å². The normalized spacial score (nSPS) is 30.7. The summed E-state index contributed by atoms with van der Waals surface area (Å²) in [5.41, 5.74) is 2.39. The molecule has 4 aliphatic heterocycles. The number of cyclic esters (lactones) is 1. The van der Waals surface area contributed by atoms with Crippen molar-refractivity contribution in [2.45, 2.75) is 54.7 Å². The van der Waals surface area contributed by atoms with Crippen LogP contribution in [0.15, 0.2) is 72.8 Å². The molecule has 2 amide bonds. The summed E-state index contributed by atoms with van der Waals surface area (Å²) >= 11 is 8.17. The quantitative estimate of drug-likeness (QED) is 0.391. The SMILES string of the molecule is Cc1cccc(Cl)c1N1CC=C[C@]23S[C@@H]4/C=C\CCCCOC(=O)[C@@H]4[C@H]2C(=O)N([C@@H](CO)Cc2ccccc2)C3C1=O. The summed E-state index contributed by atoms with van der Waals surface area (Å²) < 4.78 is 4.70. The number of para-hydroxylation sites is 1. The zero-order chi connectivity index (χ0) is 29.4. The van der Waals surface area contributed by atoms with E-state index >= 15 is 0 Å². The predicted octanol–water partition coefficient (Wildman–Crippen LogP) is 4.74. The van der Waals surface area contributed by atoms with Gasteiger partial charge in [-0.1, -0.05) is 78.4 Å². The number of anilines is 1. The van der Waals surface area contributed by atoms with E-state index in [2.05, 4.69) is 6.08 Å². The van der Waals surface area contributed by atoms with Crippen molar-refractivity contribution < 1.29 is 24.2 Å². The summed E-state index contributed by atoms with van der Waals surface area (Å²) in [7, 11) is 0. The number of amides is 2. The number of likely N-dealkylation sites (tertiary alicyclic amines) is 1. The second kappa shape index (κ2) is 11.9. The number of ether oxygens (including phenoxy) is 1. The fourth-order valence-electron chi connectivity index (χ4n) is 7.05. The summed E-state index contributed by atoms with van der Waals surface area (Å²) in [5, 5.41) is 10.8. The summed E-state index contributed by atoms with van der Waals surface area (Å²) in [6.45, 7) is 2.16. The van der Waals surface area contributed by atoms with E-state index in [1.165, 1.54) is 11.8 Å². The highest BCUT2D eigenvalue weighted by Gasteiger charge is 2.71. The fraction of sp³-hybridized carbons (Fsp3) is 0.424. The van der Waals surface area contributed by atoms with Crippen molar-refractivity contribution in [1.82, 2.24) is 4.90 Å². The van der Waals surface area contributed by atoms with Crippen molar-refractivity contribution in [1.29, 1.82) is 0 Å². The Hall–Kier alpha value is -3.07. The van der Waals surface area contributed by atoms with Gasteiger partial charge in [-0.05, 0) is 49.8 Å². The number of nitrogens with zero attached hydrogens (tertiary/aromatic N) is 2. The molecule has 220 valence electrons. The highest BCUT2D eigenvalue weighted by atomic mass is 35.5. The Morgan fingerprint density at radius 3 is 2.64 bits per heavy atom. The number of carbonyl (C=O) groups is 3. The lowest BCUT2D eigenvalue weighted by Crippen LogP contribution is -2.57. The van der Waals surface area contributed by atoms with Crippen molar-refractivity contribution in [2.75, 3.05) is 24.7 Å². The van der Waals surface area contributed by atoms with Gasteiger partial charge in [-0.25, -0.2) is 0 Å². The topological polar surface area (TPSA) is 87.2 Å². The zero-order valence-electron chi connectivity index (χ0n) is 23.5. The third kappa shape index (κ3) is 4.87. The molecule has 4 aliphatic rings. The number of rotatable bonds is 5. The molecule has 9 heteroatoms. The van der Waals surface area contributed by atoms with Crippen LogP contribution >= 0.6 is 23.4 Å². The van der Waals surface area contributed by atoms with Gasteiger partial charge in [0.1, 0.15) is 6.04 Å². The van der Waals surface area contributed by atoms with Gasteiger partial charge in [0, 0.05) is 11.8 Å². The standard InChI is InChI=1S/C33H35ClN2O5S/c1-21-11-9-14-24(34)28(21)35-17-10-16-33-27(26-25(42-33)15-7-2-3-8-18-41-32(26)40)30(38)36(29(33)31(35)39)23(20-37)19-22-12-5-4-6-13-22/h4-7,9-16,23,25-27,29,37H,2-3,8,17-20H2,1H3/b15-7-/t23-,25-,26+,27+,29?,33+/m1/s1. The molecule has 0 aromatic heterocycles. The number of aliphatic hydroxyl groups is 1. The Morgan fingerprint density at radius 2 is 1.88 bits per heavy atom. The summed E-state index contributed by atoms with van der Waals surface area (Å²) in [6.07, 6.45) is 10.9. The molecule has 42 heavy (non-hydrogen) atoms. The number of aryl methyl sites for hydroxylation is 1. The Morgan fingerprint density at radius 1 is 1.07 bits per heavy atom. The molecule has 2 aromatic carbocycles. The van der Waals surface area contributed by atoms with Gasteiger partial charge in [-0.2, -0.15) is 0 Å². The number of fused-ring (bicyclic) bond motifs is 2. The Kier molecular flexibility index (Phi) is 8.22. The number of carbonyl (C=O) groups excluding carboxylic acids is 3. The minimum Gasteiger partial charge on any atom is -0.465 e. The number of benzene rings is 2. The molecule has 4 heterocycles. The number of hydrogen-bond donors (Lipinski definition) is 1. The van der Waals surface area contributed by atoms with E-state index in [4.69, 9.17) is 16.3 Å². The number of aliphatic hydroxyl groups excluding tert-OH is 1. The Balaban J connectivity index is 1.49. The molecule has 6 atom stereocenters. The van der Waals surface area contributed by atoms with Crippen molar-refractivity contribution in [3.63, 3.8) is 0 Å². The number of hydrogen-bond acceptors (Lipinski definition) is 6. The molecule has 6 rings (SSSR count). The van der Waals surface area contributed by atoms with E-state index in [1.54, 1.807) is 15.9 Å². The number of esters is 1. The third-order valence-corrected chi connectivity index (χ3v) is 11.0. The van der Waals surface area contributed by atoms with Crippen molar-refractivity contribution >= 4 is 46.8 Å². The van der Waals surface area contributed by atoms with Crippen LogP contribution in [0.3, 0.4) is 0 Å². The molecule has 2 saturated heterocycles. The van der Waals surface area contributed by atoms with Crippen LogP contribution < -0.4 is 4.90 Å². The van der Waals surface area contributed by atoms with Gasteiger partial charge in [0.05, 0.1) is 46.5 Å². The maximum Gasteiger partial charge on any atom is 0.311 e. The number of halogens is 1. The minimum absolute atomic E-state index is 0.271. The van der Waals surface area contributed by atoms with Gasteiger partial charge in [0.15, 0.2) is 0 Å². The van der Waals surface area contributed by atoms with E-state index < -0.39 is 34.6 Å². The molecule has 0 saturated carbocycles. The van der Waals surface area contributed by atoms with Crippen LogP contribution in [0.25, 0.3) is 0 Å². The second-order valence-corrected chi connectivity index (χ2v) is 13.4. The highest BCUT2D eigenvalue weighted by Crippen LogP contribution is 2.61. The van der Waals surface area contributed by atoms with E-state index in [9.17, 15) is 19.5 Å². The first-order chi connectivity index (χ1) is 20.4. The van der Waals surface area contributed by atoms with Gasteiger partial charge >= 0.3 is 5.97 Å². The lowest BCUT2D eigenvalue weighted by molar-refractivity contribution is -0.153. The first kappa shape index (κ1) is 29.0. The molecule has 1 unspecified atom stereocenters. The average molecular weight is 607 g/mol. The summed E-state index contributed by atoms with van der Waals surface area (Å²) in [6, 6.07) is 13.5. The first-order valence-electron chi connectivity index (χ1n) is 14.6. The van der Waals surface area contributed by atoms with Crippen LogP contribution in [0.4, 0.5) is 5.69 Å². The molecular weight excluding hydrogens is 572 g/mol. The largest absolute Gasteiger partial charge is 0.465 e. The van der Waals surface area contributed by atoms with Crippen LogP contribution in [0.5, 0.6) is 0 Å². The summed E-state index contributed by atoms with van der Waals surface area (Å²) in [4.78, 5) is 46.4. The minimum atomic E-state index is -1.02.